The fourth-order valence-corrected chi connectivity index (χ4v) is 5.28. The van der Waals surface area contributed by atoms with Crippen LogP contribution in [0, 0.1) is 13.8 Å². The zero-order chi connectivity index (χ0) is 26.1. The molecule has 1 saturated heterocycles. The van der Waals surface area contributed by atoms with Gasteiger partial charge in [0.25, 0.3) is 17.7 Å². The van der Waals surface area contributed by atoms with E-state index in [9.17, 15) is 14.4 Å². The molecule has 0 saturated carbocycles. The summed E-state index contributed by atoms with van der Waals surface area (Å²) in [6.07, 6.45) is 2.24. The number of ether oxygens (including phenoxy) is 1. The van der Waals surface area contributed by atoms with E-state index in [0.717, 1.165) is 48.4 Å². The van der Waals surface area contributed by atoms with Gasteiger partial charge in [0.1, 0.15) is 5.75 Å². The zero-order valence-electron chi connectivity index (χ0n) is 21.4. The normalized spacial score (nSPS) is 16.1. The minimum absolute atomic E-state index is 0.0278. The summed E-state index contributed by atoms with van der Waals surface area (Å²) < 4.78 is 5.60. The molecule has 3 aromatic carbocycles. The minimum atomic E-state index is -0.410. The minimum Gasteiger partial charge on any atom is -0.496 e. The third-order valence-electron chi connectivity index (χ3n) is 7.29. The Kier molecular flexibility index (Phi) is 6.80. The number of methoxy groups -OCH3 is 1. The molecule has 2 aliphatic rings. The molecule has 0 bridgehead atoms. The average molecular weight is 498 g/mol. The Morgan fingerprint density at radius 1 is 0.946 bits per heavy atom. The van der Waals surface area contributed by atoms with Gasteiger partial charge in [-0.15, -0.1) is 0 Å². The van der Waals surface area contributed by atoms with Crippen molar-refractivity contribution in [2.75, 3.05) is 31.6 Å². The van der Waals surface area contributed by atoms with Crippen LogP contribution in [0.5, 0.6) is 5.75 Å². The van der Waals surface area contributed by atoms with E-state index in [1.165, 1.54) is 11.0 Å². The number of imide groups is 1. The predicted octanol–water partition coefficient (Wildman–Crippen LogP) is 4.68. The van der Waals surface area contributed by atoms with Gasteiger partial charge in [0.05, 0.1) is 30.0 Å². The second kappa shape index (κ2) is 10.2. The van der Waals surface area contributed by atoms with Crippen molar-refractivity contribution in [3.05, 3.63) is 94.0 Å². The van der Waals surface area contributed by atoms with Gasteiger partial charge in [-0.1, -0.05) is 30.3 Å². The summed E-state index contributed by atoms with van der Waals surface area (Å²) >= 11 is 0. The lowest BCUT2D eigenvalue weighted by Crippen LogP contribution is -2.37. The first-order chi connectivity index (χ1) is 17.9. The molecule has 2 heterocycles. The van der Waals surface area contributed by atoms with Crippen molar-refractivity contribution < 1.29 is 19.1 Å². The molecular weight excluding hydrogens is 466 g/mol. The van der Waals surface area contributed by atoms with Crippen molar-refractivity contribution in [2.45, 2.75) is 32.7 Å². The first-order valence-electron chi connectivity index (χ1n) is 12.6. The number of anilines is 1. The standard InChI is InChI=1S/C30H31N3O4/c1-19-10-11-20(2)25(16-19)33-29(35)22-13-12-21(17-24(22)30(33)36)28(34)31-18-26(32-14-6-7-15-32)23-8-4-5-9-27(23)37-3/h4-5,8-13,16-17,26H,6-7,14-15,18H2,1-3H3,(H,31,34)/t26-/m1/s1. The van der Waals surface area contributed by atoms with E-state index in [0.29, 0.717) is 23.4 Å². The number of rotatable bonds is 7. The zero-order valence-corrected chi connectivity index (χ0v) is 21.4. The maximum Gasteiger partial charge on any atom is 0.266 e. The van der Waals surface area contributed by atoms with Crippen LogP contribution in [0.2, 0.25) is 0 Å². The quantitative estimate of drug-likeness (QED) is 0.480. The van der Waals surface area contributed by atoms with Crippen LogP contribution in [0.15, 0.2) is 60.7 Å². The molecule has 1 N–H and O–H groups in total. The number of aryl methyl sites for hydroxylation is 2. The summed E-state index contributed by atoms with van der Waals surface area (Å²) in [6.45, 7) is 6.11. The second-order valence-corrected chi connectivity index (χ2v) is 9.71. The maximum atomic E-state index is 13.3. The highest BCUT2D eigenvalue weighted by atomic mass is 16.5. The molecular formula is C30H31N3O4. The second-order valence-electron chi connectivity index (χ2n) is 9.71. The Balaban J connectivity index is 1.37. The van der Waals surface area contributed by atoms with E-state index in [2.05, 4.69) is 10.2 Å². The molecule has 190 valence electrons. The summed E-state index contributed by atoms with van der Waals surface area (Å²) in [6, 6.07) is 18.3. The topological polar surface area (TPSA) is 79.0 Å². The van der Waals surface area contributed by atoms with Crippen molar-refractivity contribution in [1.29, 1.82) is 0 Å². The van der Waals surface area contributed by atoms with Crippen LogP contribution < -0.4 is 15.0 Å². The Morgan fingerprint density at radius 3 is 2.43 bits per heavy atom. The number of nitrogens with one attached hydrogen (secondary N) is 1. The van der Waals surface area contributed by atoms with Crippen LogP contribution in [-0.2, 0) is 0 Å². The van der Waals surface area contributed by atoms with Crippen molar-refractivity contribution in [1.82, 2.24) is 10.2 Å². The van der Waals surface area contributed by atoms with Gasteiger partial charge in [0.15, 0.2) is 0 Å². The maximum absolute atomic E-state index is 13.3. The molecule has 0 aromatic heterocycles. The van der Waals surface area contributed by atoms with Crippen LogP contribution in [0.4, 0.5) is 5.69 Å². The molecule has 3 amide bonds. The molecule has 0 radical (unpaired) electrons. The van der Waals surface area contributed by atoms with E-state index in [-0.39, 0.29) is 23.4 Å². The first-order valence-corrected chi connectivity index (χ1v) is 12.6. The number of para-hydroxylation sites is 1. The third-order valence-corrected chi connectivity index (χ3v) is 7.29. The molecule has 37 heavy (non-hydrogen) atoms. The molecule has 0 spiro atoms. The predicted molar refractivity (Wildman–Crippen MR) is 142 cm³/mol. The van der Waals surface area contributed by atoms with Gasteiger partial charge in [-0.2, -0.15) is 0 Å². The lowest BCUT2D eigenvalue weighted by molar-refractivity contribution is 0.0921. The lowest BCUT2D eigenvalue weighted by Gasteiger charge is -2.29. The Morgan fingerprint density at radius 2 is 1.68 bits per heavy atom. The van der Waals surface area contributed by atoms with Crippen molar-refractivity contribution in [3.63, 3.8) is 0 Å². The van der Waals surface area contributed by atoms with E-state index in [1.807, 2.05) is 56.3 Å². The SMILES string of the molecule is COc1ccccc1[C@@H](CNC(=O)c1ccc2c(c1)C(=O)N(c1cc(C)ccc1C)C2=O)N1CCCC1. The molecule has 7 nitrogen and oxygen atoms in total. The monoisotopic (exact) mass is 497 g/mol. The van der Waals surface area contributed by atoms with Crippen LogP contribution in [0.1, 0.15) is 66.6 Å². The highest BCUT2D eigenvalue weighted by Gasteiger charge is 2.38. The van der Waals surface area contributed by atoms with Gasteiger partial charge in [0.2, 0.25) is 0 Å². The Labute approximate surface area is 217 Å². The number of nitrogens with zero attached hydrogens (tertiary/aromatic N) is 2. The smallest absolute Gasteiger partial charge is 0.266 e. The van der Waals surface area contributed by atoms with Crippen molar-refractivity contribution >= 4 is 23.4 Å². The number of fused-ring (bicyclic) bond motifs is 1. The van der Waals surface area contributed by atoms with Gasteiger partial charge in [-0.25, -0.2) is 4.90 Å². The fourth-order valence-electron chi connectivity index (χ4n) is 5.28. The summed E-state index contributed by atoms with van der Waals surface area (Å²) in [5.74, 6) is -0.271. The van der Waals surface area contributed by atoms with Crippen LogP contribution in [0.3, 0.4) is 0 Å². The molecule has 7 heteroatoms. The molecule has 3 aromatic rings. The third kappa shape index (κ3) is 4.62. The first kappa shape index (κ1) is 24.7. The van der Waals surface area contributed by atoms with Crippen LogP contribution in [0.25, 0.3) is 0 Å². The Bertz CT molecular complexity index is 1380. The Hall–Kier alpha value is -3.97. The number of hydrogen-bond donors (Lipinski definition) is 1. The van der Waals surface area contributed by atoms with E-state index < -0.39 is 5.91 Å². The lowest BCUT2D eigenvalue weighted by atomic mass is 10.0. The largest absolute Gasteiger partial charge is 0.496 e. The molecule has 1 atom stereocenters. The van der Waals surface area contributed by atoms with E-state index in [1.54, 1.807) is 19.2 Å². The molecule has 1 fully saturated rings. The number of amides is 3. The van der Waals surface area contributed by atoms with Gasteiger partial charge in [-0.05, 0) is 81.2 Å². The van der Waals surface area contributed by atoms with Crippen molar-refractivity contribution in [3.8, 4) is 5.75 Å². The number of carbonyl (C=O) groups excluding carboxylic acids is 3. The highest BCUT2D eigenvalue weighted by Crippen LogP contribution is 2.33. The van der Waals surface area contributed by atoms with E-state index >= 15 is 0 Å². The van der Waals surface area contributed by atoms with Gasteiger partial charge in [-0.3, -0.25) is 19.3 Å². The average Bonchev–Trinajstić information content (AvgIpc) is 3.53. The molecule has 0 aliphatic carbocycles. The summed E-state index contributed by atoms with van der Waals surface area (Å²) in [5, 5.41) is 3.06. The number of hydrogen-bond acceptors (Lipinski definition) is 5. The number of benzene rings is 3. The summed E-state index contributed by atoms with van der Waals surface area (Å²) in [5.41, 5.74) is 4.31. The molecule has 5 rings (SSSR count). The van der Waals surface area contributed by atoms with Crippen molar-refractivity contribution in [2.24, 2.45) is 0 Å². The highest BCUT2D eigenvalue weighted by molar-refractivity contribution is 6.35. The summed E-state index contributed by atoms with van der Waals surface area (Å²) in [7, 11) is 1.66. The van der Waals surface area contributed by atoms with Gasteiger partial charge < -0.3 is 10.1 Å². The van der Waals surface area contributed by atoms with Crippen LogP contribution in [-0.4, -0.2) is 49.4 Å². The van der Waals surface area contributed by atoms with Crippen LogP contribution >= 0.6 is 0 Å². The molecule has 2 aliphatic heterocycles. The van der Waals surface area contributed by atoms with E-state index in [4.69, 9.17) is 4.74 Å². The van der Waals surface area contributed by atoms with Gasteiger partial charge in [0, 0.05) is 17.7 Å². The summed E-state index contributed by atoms with van der Waals surface area (Å²) in [4.78, 5) is 43.2. The molecule has 0 unspecified atom stereocenters. The van der Waals surface area contributed by atoms with Gasteiger partial charge >= 0.3 is 0 Å². The number of carbonyl (C=O) groups is 3. The fraction of sp³-hybridized carbons (Fsp3) is 0.300. The number of likely N-dealkylation sites (tertiary alicyclic amines) is 1.